The SMILES string of the molecule is O=C1CCC(N2C(=O)c3ccc(CN4CCN(c5ccc(Br)cc5)CC4)cc3C2=O)C(=O)N1. The molecule has 0 aliphatic carbocycles. The van der Waals surface area contributed by atoms with Crippen molar-refractivity contribution in [2.24, 2.45) is 0 Å². The number of nitrogens with zero attached hydrogens (tertiary/aromatic N) is 3. The lowest BCUT2D eigenvalue weighted by molar-refractivity contribution is -0.136. The zero-order valence-electron chi connectivity index (χ0n) is 17.9. The fraction of sp³-hybridized carbons (Fsp3) is 0.333. The minimum absolute atomic E-state index is 0.112. The van der Waals surface area contributed by atoms with Crippen molar-refractivity contribution in [2.75, 3.05) is 31.1 Å². The summed E-state index contributed by atoms with van der Waals surface area (Å²) in [5.74, 6) is -1.91. The lowest BCUT2D eigenvalue weighted by Crippen LogP contribution is -2.54. The summed E-state index contributed by atoms with van der Waals surface area (Å²) in [5.41, 5.74) is 2.80. The number of rotatable bonds is 4. The third-order valence-electron chi connectivity index (χ3n) is 6.47. The van der Waals surface area contributed by atoms with Crippen LogP contribution in [0.15, 0.2) is 46.9 Å². The fourth-order valence-corrected chi connectivity index (χ4v) is 4.96. The summed E-state index contributed by atoms with van der Waals surface area (Å²) in [6, 6.07) is 12.7. The summed E-state index contributed by atoms with van der Waals surface area (Å²) in [7, 11) is 0. The second-order valence-corrected chi connectivity index (χ2v) is 9.48. The molecule has 4 amide bonds. The Morgan fingerprint density at radius 2 is 1.58 bits per heavy atom. The van der Waals surface area contributed by atoms with Gasteiger partial charge in [-0.2, -0.15) is 0 Å². The number of fused-ring (bicyclic) bond motifs is 1. The van der Waals surface area contributed by atoms with E-state index in [2.05, 4.69) is 43.2 Å². The number of piperazine rings is 1. The molecule has 3 aliphatic rings. The Balaban J connectivity index is 1.25. The van der Waals surface area contributed by atoms with Crippen LogP contribution in [0.4, 0.5) is 5.69 Å². The number of piperidine rings is 1. The molecule has 0 aromatic heterocycles. The molecule has 0 saturated carbocycles. The molecule has 9 heteroatoms. The predicted octanol–water partition coefficient (Wildman–Crippen LogP) is 2.17. The van der Waals surface area contributed by atoms with E-state index in [1.54, 1.807) is 12.1 Å². The number of carbonyl (C=O) groups excluding carboxylic acids is 4. The van der Waals surface area contributed by atoms with E-state index in [0.717, 1.165) is 41.1 Å². The number of carbonyl (C=O) groups is 4. The lowest BCUT2D eigenvalue weighted by Gasteiger charge is -2.36. The third-order valence-corrected chi connectivity index (χ3v) is 7.00. The smallest absolute Gasteiger partial charge is 0.262 e. The van der Waals surface area contributed by atoms with Crippen molar-refractivity contribution in [1.29, 1.82) is 0 Å². The Kier molecular flexibility index (Phi) is 5.76. The molecule has 5 rings (SSSR count). The molecule has 1 unspecified atom stereocenters. The average Bonchev–Trinajstić information content (AvgIpc) is 3.05. The quantitative estimate of drug-likeness (QED) is 0.634. The number of amides is 4. The second kappa shape index (κ2) is 8.72. The summed E-state index contributed by atoms with van der Waals surface area (Å²) >= 11 is 3.47. The minimum atomic E-state index is -0.940. The van der Waals surface area contributed by atoms with Gasteiger partial charge in [0.25, 0.3) is 11.8 Å². The average molecular weight is 511 g/mol. The first-order valence-electron chi connectivity index (χ1n) is 11.0. The van der Waals surface area contributed by atoms with E-state index in [1.165, 1.54) is 5.69 Å². The number of anilines is 1. The van der Waals surface area contributed by atoms with Crippen LogP contribution in [0.3, 0.4) is 0 Å². The zero-order valence-corrected chi connectivity index (χ0v) is 19.5. The first-order valence-corrected chi connectivity index (χ1v) is 11.8. The van der Waals surface area contributed by atoms with Gasteiger partial charge in [-0.05, 0) is 48.4 Å². The Bertz CT molecular complexity index is 1140. The van der Waals surface area contributed by atoms with E-state index in [-0.39, 0.29) is 18.7 Å². The highest BCUT2D eigenvalue weighted by Crippen LogP contribution is 2.29. The van der Waals surface area contributed by atoms with Gasteiger partial charge in [-0.15, -0.1) is 0 Å². The molecule has 3 aliphatic heterocycles. The Labute approximate surface area is 199 Å². The largest absolute Gasteiger partial charge is 0.369 e. The summed E-state index contributed by atoms with van der Waals surface area (Å²) < 4.78 is 1.06. The van der Waals surface area contributed by atoms with Crippen LogP contribution >= 0.6 is 15.9 Å². The van der Waals surface area contributed by atoms with E-state index >= 15 is 0 Å². The molecule has 0 spiro atoms. The molecule has 3 heterocycles. The van der Waals surface area contributed by atoms with E-state index in [9.17, 15) is 19.2 Å². The molecule has 1 N–H and O–H groups in total. The topological polar surface area (TPSA) is 90.0 Å². The molecule has 33 heavy (non-hydrogen) atoms. The normalized spacial score (nSPS) is 21.4. The Morgan fingerprint density at radius 3 is 2.27 bits per heavy atom. The number of benzene rings is 2. The first kappa shape index (κ1) is 21.8. The number of halogens is 1. The van der Waals surface area contributed by atoms with Gasteiger partial charge in [0.15, 0.2) is 0 Å². The van der Waals surface area contributed by atoms with Gasteiger partial charge in [-0.25, -0.2) is 0 Å². The van der Waals surface area contributed by atoms with Crippen molar-refractivity contribution in [2.45, 2.75) is 25.4 Å². The van der Waals surface area contributed by atoms with E-state index in [1.807, 2.05) is 18.2 Å². The van der Waals surface area contributed by atoms with Gasteiger partial charge in [-0.3, -0.25) is 34.3 Å². The van der Waals surface area contributed by atoms with Gasteiger partial charge < -0.3 is 4.90 Å². The Morgan fingerprint density at radius 1 is 0.879 bits per heavy atom. The van der Waals surface area contributed by atoms with Crippen molar-refractivity contribution in [1.82, 2.24) is 15.1 Å². The van der Waals surface area contributed by atoms with Crippen LogP contribution in [0.25, 0.3) is 0 Å². The molecule has 170 valence electrons. The van der Waals surface area contributed by atoms with Crippen LogP contribution in [-0.2, 0) is 16.1 Å². The molecule has 2 fully saturated rings. The molecule has 2 aromatic rings. The van der Waals surface area contributed by atoms with Crippen molar-refractivity contribution < 1.29 is 19.2 Å². The highest BCUT2D eigenvalue weighted by Gasteiger charge is 2.44. The van der Waals surface area contributed by atoms with Gasteiger partial charge in [0, 0.05) is 49.3 Å². The van der Waals surface area contributed by atoms with E-state index in [4.69, 9.17) is 0 Å². The third kappa shape index (κ3) is 4.18. The summed E-state index contributed by atoms with van der Waals surface area (Å²) in [4.78, 5) is 55.2. The Hall–Kier alpha value is -3.04. The van der Waals surface area contributed by atoms with Crippen molar-refractivity contribution in [3.63, 3.8) is 0 Å². The van der Waals surface area contributed by atoms with Crippen molar-refractivity contribution in [3.8, 4) is 0 Å². The number of hydrogen-bond acceptors (Lipinski definition) is 6. The van der Waals surface area contributed by atoms with Crippen LogP contribution in [-0.4, -0.2) is 65.6 Å². The van der Waals surface area contributed by atoms with E-state index in [0.29, 0.717) is 17.7 Å². The first-order chi connectivity index (χ1) is 15.9. The van der Waals surface area contributed by atoms with Gasteiger partial charge in [0.2, 0.25) is 11.8 Å². The highest BCUT2D eigenvalue weighted by atomic mass is 79.9. The van der Waals surface area contributed by atoms with Crippen LogP contribution in [0.2, 0.25) is 0 Å². The summed E-state index contributed by atoms with van der Waals surface area (Å²) in [6.07, 6.45) is 0.271. The maximum atomic E-state index is 13.0. The van der Waals surface area contributed by atoms with Crippen LogP contribution < -0.4 is 10.2 Å². The van der Waals surface area contributed by atoms with Gasteiger partial charge >= 0.3 is 0 Å². The fourth-order valence-electron chi connectivity index (χ4n) is 4.69. The van der Waals surface area contributed by atoms with E-state index < -0.39 is 23.8 Å². The van der Waals surface area contributed by atoms with Crippen LogP contribution in [0.5, 0.6) is 0 Å². The minimum Gasteiger partial charge on any atom is -0.369 e. The van der Waals surface area contributed by atoms with Crippen LogP contribution in [0, 0.1) is 0 Å². The van der Waals surface area contributed by atoms with Crippen molar-refractivity contribution in [3.05, 3.63) is 63.6 Å². The second-order valence-electron chi connectivity index (χ2n) is 8.57. The molecule has 0 bridgehead atoms. The highest BCUT2D eigenvalue weighted by molar-refractivity contribution is 9.10. The van der Waals surface area contributed by atoms with Gasteiger partial charge in [0.05, 0.1) is 11.1 Å². The van der Waals surface area contributed by atoms with Gasteiger partial charge in [0.1, 0.15) is 6.04 Å². The summed E-state index contributed by atoms with van der Waals surface area (Å²) in [5, 5.41) is 2.22. The molecule has 0 radical (unpaired) electrons. The van der Waals surface area contributed by atoms with Crippen molar-refractivity contribution >= 4 is 45.2 Å². The maximum Gasteiger partial charge on any atom is 0.262 e. The number of nitrogens with one attached hydrogen (secondary N) is 1. The monoisotopic (exact) mass is 510 g/mol. The maximum absolute atomic E-state index is 13.0. The van der Waals surface area contributed by atoms with Gasteiger partial charge in [-0.1, -0.05) is 22.0 Å². The zero-order chi connectivity index (χ0) is 23.1. The lowest BCUT2D eigenvalue weighted by atomic mass is 10.0. The van der Waals surface area contributed by atoms with Crippen LogP contribution in [0.1, 0.15) is 39.1 Å². The molecule has 1 atom stereocenters. The molecular weight excluding hydrogens is 488 g/mol. The molecule has 2 saturated heterocycles. The standard InChI is InChI=1S/C24H23BrN4O4/c25-16-2-4-17(5-3-16)28-11-9-27(10-12-28)14-15-1-6-18-19(13-15)24(33)29(23(18)32)20-7-8-21(30)26-22(20)31/h1-6,13,20H,7-12,14H2,(H,26,30,31). The number of imide groups is 2. The molecule has 2 aromatic carbocycles. The predicted molar refractivity (Wildman–Crippen MR) is 125 cm³/mol. The molecule has 8 nitrogen and oxygen atoms in total. The summed E-state index contributed by atoms with van der Waals surface area (Å²) in [6.45, 7) is 4.28. The number of hydrogen-bond donors (Lipinski definition) is 1. The molecular formula is C24H23BrN4O4.